The molecule has 7 nitrogen and oxygen atoms in total. The number of carboxylic acids is 1. The van der Waals surface area contributed by atoms with Crippen molar-refractivity contribution in [3.05, 3.63) is 16.5 Å². The lowest BCUT2D eigenvalue weighted by Gasteiger charge is -2.34. The zero-order chi connectivity index (χ0) is 17.4. The Morgan fingerprint density at radius 3 is 2.83 bits per heavy atom. The summed E-state index contributed by atoms with van der Waals surface area (Å²) in [6.45, 7) is 2.94. The van der Waals surface area contributed by atoms with Crippen LogP contribution in [0.2, 0.25) is 0 Å². The van der Waals surface area contributed by atoms with Gasteiger partial charge in [0.2, 0.25) is 0 Å². The summed E-state index contributed by atoms with van der Waals surface area (Å²) in [5.74, 6) is -0.355. The summed E-state index contributed by atoms with van der Waals surface area (Å²) in [6, 6.07) is 1.92. The van der Waals surface area contributed by atoms with E-state index in [0.29, 0.717) is 30.2 Å². The molecule has 1 fully saturated rings. The predicted molar refractivity (Wildman–Crippen MR) is 93.8 cm³/mol. The van der Waals surface area contributed by atoms with E-state index in [-0.39, 0.29) is 10.6 Å². The van der Waals surface area contributed by atoms with Crippen molar-refractivity contribution in [2.24, 2.45) is 0 Å². The number of nitrogen functional groups attached to an aromatic ring is 1. The van der Waals surface area contributed by atoms with E-state index in [0.717, 1.165) is 35.1 Å². The minimum Gasteiger partial charge on any atom is -0.477 e. The first kappa shape index (κ1) is 16.9. The number of carbonyl (C=O) groups is 1. The van der Waals surface area contributed by atoms with Gasteiger partial charge in [-0.3, -0.25) is 0 Å². The molecule has 1 aliphatic rings. The van der Waals surface area contributed by atoms with Gasteiger partial charge in [-0.2, -0.15) is 0 Å². The van der Waals surface area contributed by atoms with E-state index in [4.69, 9.17) is 5.73 Å². The lowest BCUT2D eigenvalue weighted by Crippen LogP contribution is -2.47. The molecule has 2 aromatic rings. The zero-order valence-corrected chi connectivity index (χ0v) is 14.2. The normalized spacial score (nSPS) is 21.4. The summed E-state index contributed by atoms with van der Waals surface area (Å²) in [7, 11) is 0. The third-order valence-corrected chi connectivity index (χ3v) is 5.44. The van der Waals surface area contributed by atoms with Crippen LogP contribution in [-0.4, -0.2) is 51.6 Å². The van der Waals surface area contributed by atoms with Crippen molar-refractivity contribution in [1.29, 1.82) is 0 Å². The highest BCUT2D eigenvalue weighted by molar-refractivity contribution is 7.21. The van der Waals surface area contributed by atoms with E-state index in [1.807, 2.05) is 17.9 Å². The maximum atomic E-state index is 11.4. The largest absolute Gasteiger partial charge is 0.477 e. The fourth-order valence-corrected chi connectivity index (χ4v) is 4.07. The fraction of sp³-hybridized carbons (Fsp3) is 0.500. The highest BCUT2D eigenvalue weighted by Crippen LogP contribution is 2.37. The first-order valence-electron chi connectivity index (χ1n) is 7.98. The van der Waals surface area contributed by atoms with Gasteiger partial charge in [0, 0.05) is 18.5 Å². The summed E-state index contributed by atoms with van der Waals surface area (Å²) in [4.78, 5) is 18.6. The number of fused-ring (bicyclic) bond motifs is 1. The maximum absolute atomic E-state index is 11.4. The van der Waals surface area contributed by atoms with Crippen LogP contribution in [0.1, 0.15) is 35.0 Å². The maximum Gasteiger partial charge on any atom is 0.348 e. The number of thiophene rings is 1. The molecule has 130 valence electrons. The molecule has 0 amide bonds. The van der Waals surface area contributed by atoms with Gasteiger partial charge >= 0.3 is 5.97 Å². The highest BCUT2D eigenvalue weighted by atomic mass is 32.1. The SMILES string of the molecule is CCCc1cc(N2CCC(O)[C@@H](O)C2)nc2sc(C(=O)O)c(N)c12. The molecule has 24 heavy (non-hydrogen) atoms. The number of anilines is 2. The van der Waals surface area contributed by atoms with Crippen LogP contribution in [0.25, 0.3) is 10.2 Å². The number of nitrogens with two attached hydrogens (primary N) is 1. The molecule has 3 rings (SSSR count). The average molecular weight is 351 g/mol. The average Bonchev–Trinajstić information content (AvgIpc) is 2.88. The minimum atomic E-state index is -1.05. The summed E-state index contributed by atoms with van der Waals surface area (Å²) in [6.07, 6.45) is 0.615. The molecule has 8 heteroatoms. The Kier molecular flexibility index (Phi) is 4.62. The Hall–Kier alpha value is -1.90. The molecular formula is C16H21N3O4S. The van der Waals surface area contributed by atoms with E-state index < -0.39 is 18.2 Å². The molecule has 3 heterocycles. The van der Waals surface area contributed by atoms with Gasteiger partial charge in [0.15, 0.2) is 0 Å². The quantitative estimate of drug-likeness (QED) is 0.658. The molecule has 0 radical (unpaired) electrons. The number of rotatable bonds is 4. The van der Waals surface area contributed by atoms with Gasteiger partial charge in [0.25, 0.3) is 0 Å². The van der Waals surface area contributed by atoms with Gasteiger partial charge in [0.05, 0.1) is 17.9 Å². The summed E-state index contributed by atoms with van der Waals surface area (Å²) in [5.41, 5.74) is 7.29. The predicted octanol–water partition coefficient (Wildman–Crippen LogP) is 1.46. The molecule has 5 N–H and O–H groups in total. The number of hydrogen-bond acceptors (Lipinski definition) is 7. The number of carboxylic acid groups (broad SMARTS) is 1. The van der Waals surface area contributed by atoms with Crippen molar-refractivity contribution in [1.82, 2.24) is 4.98 Å². The fourth-order valence-electron chi connectivity index (χ4n) is 3.10. The molecule has 2 atom stereocenters. The Labute approximate surface area is 143 Å². The Balaban J connectivity index is 2.08. The molecule has 1 aliphatic heterocycles. The van der Waals surface area contributed by atoms with E-state index in [1.54, 1.807) is 0 Å². The second-order valence-corrected chi connectivity index (χ2v) is 7.09. The van der Waals surface area contributed by atoms with Crippen molar-refractivity contribution in [3.63, 3.8) is 0 Å². The van der Waals surface area contributed by atoms with Crippen LogP contribution in [0.4, 0.5) is 11.5 Å². The molecule has 0 spiro atoms. The third kappa shape index (κ3) is 2.92. The Morgan fingerprint density at radius 2 is 2.21 bits per heavy atom. The number of aromatic carboxylic acids is 1. The number of aliphatic hydroxyl groups is 2. The van der Waals surface area contributed by atoms with Crippen LogP contribution < -0.4 is 10.6 Å². The highest BCUT2D eigenvalue weighted by Gasteiger charge is 2.28. The number of β-amino-alcohol motifs (C(OH)–C–C–N with tert-alkyl or cyclic N) is 1. The van der Waals surface area contributed by atoms with Crippen LogP contribution in [0.15, 0.2) is 6.07 Å². The van der Waals surface area contributed by atoms with Crippen LogP contribution in [0, 0.1) is 0 Å². The summed E-state index contributed by atoms with van der Waals surface area (Å²) in [5, 5.41) is 29.6. The van der Waals surface area contributed by atoms with Crippen molar-refractivity contribution < 1.29 is 20.1 Å². The van der Waals surface area contributed by atoms with Gasteiger partial charge in [-0.25, -0.2) is 9.78 Å². The monoisotopic (exact) mass is 351 g/mol. The van der Waals surface area contributed by atoms with Crippen molar-refractivity contribution in [3.8, 4) is 0 Å². The lowest BCUT2D eigenvalue weighted by molar-refractivity contribution is 0.00787. The standard InChI is InChI=1S/C16H21N3O4S/c1-2-3-8-6-11(19-5-4-9(20)10(21)7-19)18-15-12(8)13(17)14(24-15)16(22)23/h6,9-10,20-21H,2-5,7,17H2,1H3,(H,22,23)/t9?,10-/m0/s1. The first-order chi connectivity index (χ1) is 11.4. The van der Waals surface area contributed by atoms with Crippen LogP contribution >= 0.6 is 11.3 Å². The minimum absolute atomic E-state index is 0.112. The molecule has 0 saturated carbocycles. The third-order valence-electron chi connectivity index (χ3n) is 4.35. The lowest BCUT2D eigenvalue weighted by atomic mass is 10.0. The molecular weight excluding hydrogens is 330 g/mol. The number of aromatic nitrogens is 1. The number of nitrogens with zero attached hydrogens (tertiary/aromatic N) is 2. The van der Waals surface area contributed by atoms with Crippen LogP contribution in [0.5, 0.6) is 0 Å². The summed E-state index contributed by atoms with van der Waals surface area (Å²) >= 11 is 1.08. The molecule has 1 unspecified atom stereocenters. The first-order valence-corrected chi connectivity index (χ1v) is 8.80. The summed E-state index contributed by atoms with van der Waals surface area (Å²) < 4.78 is 0. The van der Waals surface area contributed by atoms with Crippen LogP contribution in [0.3, 0.4) is 0 Å². The molecule has 2 aromatic heterocycles. The van der Waals surface area contributed by atoms with Crippen molar-refractivity contribution >= 4 is 39.0 Å². The number of hydrogen-bond donors (Lipinski definition) is 4. The molecule has 1 saturated heterocycles. The molecule has 0 aliphatic carbocycles. The molecule has 0 aromatic carbocycles. The van der Waals surface area contributed by atoms with Gasteiger partial charge in [-0.05, 0) is 24.5 Å². The van der Waals surface area contributed by atoms with Gasteiger partial charge < -0.3 is 26.0 Å². The zero-order valence-electron chi connectivity index (χ0n) is 13.4. The smallest absolute Gasteiger partial charge is 0.348 e. The molecule has 0 bridgehead atoms. The van der Waals surface area contributed by atoms with E-state index in [1.165, 1.54) is 0 Å². The van der Waals surface area contributed by atoms with Gasteiger partial charge in [-0.15, -0.1) is 11.3 Å². The van der Waals surface area contributed by atoms with Crippen molar-refractivity contribution in [2.45, 2.75) is 38.4 Å². The van der Waals surface area contributed by atoms with Gasteiger partial charge in [-0.1, -0.05) is 13.3 Å². The Bertz CT molecular complexity index is 776. The van der Waals surface area contributed by atoms with E-state index in [2.05, 4.69) is 4.98 Å². The van der Waals surface area contributed by atoms with Crippen molar-refractivity contribution in [2.75, 3.05) is 23.7 Å². The Morgan fingerprint density at radius 1 is 1.46 bits per heavy atom. The van der Waals surface area contributed by atoms with Gasteiger partial charge in [0.1, 0.15) is 15.5 Å². The second kappa shape index (κ2) is 6.54. The van der Waals surface area contributed by atoms with E-state index in [9.17, 15) is 20.1 Å². The number of aliphatic hydroxyl groups excluding tert-OH is 2. The topological polar surface area (TPSA) is 120 Å². The van der Waals surface area contributed by atoms with E-state index >= 15 is 0 Å². The second-order valence-electron chi connectivity index (χ2n) is 6.09. The van der Waals surface area contributed by atoms with Crippen LogP contribution in [-0.2, 0) is 6.42 Å². The number of pyridine rings is 1. The number of aryl methyl sites for hydroxylation is 1. The number of piperidine rings is 1.